The van der Waals surface area contributed by atoms with Crippen molar-refractivity contribution < 1.29 is 0 Å². The van der Waals surface area contributed by atoms with Gasteiger partial charge in [-0.15, -0.1) is 11.8 Å². The van der Waals surface area contributed by atoms with Gasteiger partial charge in [0.05, 0.1) is 4.90 Å². The largest absolute Gasteiger partial charge is 0.374 e. The number of nitrogens with zero attached hydrogens (tertiary/aromatic N) is 2. The maximum atomic E-state index is 12.4. The van der Waals surface area contributed by atoms with Crippen LogP contribution < -0.4 is 5.56 Å². The quantitative estimate of drug-likeness (QED) is 0.339. The van der Waals surface area contributed by atoms with Crippen LogP contribution in [0.2, 0.25) is 0 Å². The van der Waals surface area contributed by atoms with Gasteiger partial charge in [-0.3, -0.25) is 4.79 Å². The molecule has 1 aliphatic heterocycles. The van der Waals surface area contributed by atoms with Gasteiger partial charge in [0.1, 0.15) is 5.82 Å². The molecule has 1 unspecified atom stereocenters. The molecule has 1 aliphatic rings. The number of hydrogen-bond acceptors (Lipinski definition) is 4. The minimum absolute atomic E-state index is 0.0125. The van der Waals surface area contributed by atoms with Gasteiger partial charge in [0, 0.05) is 25.7 Å². The highest BCUT2D eigenvalue weighted by Gasteiger charge is 2.11. The molecule has 0 amide bonds. The van der Waals surface area contributed by atoms with Gasteiger partial charge >= 0.3 is 0 Å². The molecule has 0 radical (unpaired) electrons. The highest BCUT2D eigenvalue weighted by atomic mass is 32.2. The lowest BCUT2D eigenvalue weighted by molar-refractivity contribution is 0.400. The van der Waals surface area contributed by atoms with Crippen LogP contribution in [-0.2, 0) is 12.8 Å². The van der Waals surface area contributed by atoms with Gasteiger partial charge in [-0.2, -0.15) is 0 Å². The number of aromatic nitrogens is 2. The molecular weight excluding hydrogens is 402 g/mol. The smallest absolute Gasteiger partial charge is 0.264 e. The van der Waals surface area contributed by atoms with E-state index >= 15 is 0 Å². The van der Waals surface area contributed by atoms with Gasteiger partial charge in [-0.1, -0.05) is 62.1 Å². The predicted molar refractivity (Wildman–Crippen MR) is 132 cm³/mol. The van der Waals surface area contributed by atoms with E-state index < -0.39 is 0 Å². The SMILES string of the molecule is CC1C=C(Cc2ncc(SCCCCCCCCc3ccccc3)c(=O)[nH]2)C=CN1C. The molecule has 2 aromatic rings. The Morgan fingerprint density at radius 3 is 2.55 bits per heavy atom. The Balaban J connectivity index is 1.29. The van der Waals surface area contributed by atoms with Crippen LogP contribution in [0.4, 0.5) is 0 Å². The zero-order valence-electron chi connectivity index (χ0n) is 18.8. The first kappa shape index (κ1) is 23.4. The van der Waals surface area contributed by atoms with Crippen LogP contribution in [-0.4, -0.2) is 33.7 Å². The first-order valence-corrected chi connectivity index (χ1v) is 12.5. The van der Waals surface area contributed by atoms with E-state index in [4.69, 9.17) is 0 Å². The van der Waals surface area contributed by atoms with E-state index in [1.807, 2.05) is 0 Å². The highest BCUT2D eigenvalue weighted by Crippen LogP contribution is 2.18. The number of aromatic amines is 1. The summed E-state index contributed by atoms with van der Waals surface area (Å²) < 4.78 is 0. The number of thioether (sulfide) groups is 1. The molecule has 4 nitrogen and oxygen atoms in total. The van der Waals surface area contributed by atoms with Crippen LogP contribution in [0, 0.1) is 0 Å². The number of allylic oxidation sites excluding steroid dienone is 2. The van der Waals surface area contributed by atoms with Crippen LogP contribution in [0.5, 0.6) is 0 Å². The van der Waals surface area contributed by atoms with Gasteiger partial charge in [-0.05, 0) is 55.4 Å². The minimum Gasteiger partial charge on any atom is -0.374 e. The lowest BCUT2D eigenvalue weighted by Gasteiger charge is -2.24. The third-order valence-corrected chi connectivity index (χ3v) is 6.87. The zero-order chi connectivity index (χ0) is 21.9. The van der Waals surface area contributed by atoms with Crippen molar-refractivity contribution in [2.45, 2.75) is 69.2 Å². The second kappa shape index (κ2) is 12.6. The number of likely N-dealkylation sites (N-methyl/N-ethyl adjacent to an activating group) is 1. The maximum Gasteiger partial charge on any atom is 0.264 e. The third kappa shape index (κ3) is 8.06. The fraction of sp³-hybridized carbons (Fsp3) is 0.462. The average molecular weight is 438 g/mol. The third-order valence-electron chi connectivity index (χ3n) is 5.77. The molecule has 0 spiro atoms. The molecule has 0 fully saturated rings. The Morgan fingerprint density at radius 2 is 1.81 bits per heavy atom. The lowest BCUT2D eigenvalue weighted by Crippen LogP contribution is -2.24. The standard InChI is InChI=1S/C26H35N3OS/c1-21-18-23(15-16-29(21)2)19-25-27-20-24(26(30)28-25)31-17-11-6-4-3-5-8-12-22-13-9-7-10-14-22/h7,9-10,13-16,18,20-21H,3-6,8,11-12,17,19H2,1-2H3,(H,27,28,30). The molecule has 0 bridgehead atoms. The Morgan fingerprint density at radius 1 is 1.06 bits per heavy atom. The summed E-state index contributed by atoms with van der Waals surface area (Å²) in [7, 11) is 2.06. The summed E-state index contributed by atoms with van der Waals surface area (Å²) in [6.07, 6.45) is 17.5. The second-order valence-electron chi connectivity index (χ2n) is 8.37. The number of aryl methyl sites for hydroxylation is 1. The highest BCUT2D eigenvalue weighted by molar-refractivity contribution is 7.99. The minimum atomic E-state index is -0.0125. The molecule has 0 aliphatic carbocycles. The number of H-pyrrole nitrogens is 1. The van der Waals surface area contributed by atoms with E-state index in [0.717, 1.165) is 22.9 Å². The number of hydrogen-bond donors (Lipinski definition) is 1. The predicted octanol–water partition coefficient (Wildman–Crippen LogP) is 5.76. The Labute approximate surface area is 190 Å². The number of benzene rings is 1. The summed E-state index contributed by atoms with van der Waals surface area (Å²) >= 11 is 1.63. The van der Waals surface area contributed by atoms with Crippen molar-refractivity contribution in [3.05, 3.63) is 82.2 Å². The van der Waals surface area contributed by atoms with Crippen molar-refractivity contribution in [1.29, 1.82) is 0 Å². The molecule has 0 saturated heterocycles. The monoisotopic (exact) mass is 437 g/mol. The molecule has 0 saturated carbocycles. The van der Waals surface area contributed by atoms with Gasteiger partial charge < -0.3 is 9.88 Å². The summed E-state index contributed by atoms with van der Waals surface area (Å²) in [6.45, 7) is 2.16. The molecule has 1 aromatic carbocycles. The van der Waals surface area contributed by atoms with Crippen molar-refractivity contribution in [3.8, 4) is 0 Å². The average Bonchev–Trinajstić information content (AvgIpc) is 2.77. The van der Waals surface area contributed by atoms with Crippen molar-refractivity contribution in [2.24, 2.45) is 0 Å². The first-order chi connectivity index (χ1) is 15.1. The van der Waals surface area contributed by atoms with Crippen LogP contribution in [0.15, 0.2) is 70.1 Å². The normalized spacial score (nSPS) is 15.9. The zero-order valence-corrected chi connectivity index (χ0v) is 19.7. The van der Waals surface area contributed by atoms with E-state index in [1.165, 1.54) is 49.7 Å². The van der Waals surface area contributed by atoms with Crippen LogP contribution in [0.3, 0.4) is 0 Å². The number of rotatable bonds is 12. The molecule has 31 heavy (non-hydrogen) atoms. The van der Waals surface area contributed by atoms with Crippen molar-refractivity contribution in [2.75, 3.05) is 12.8 Å². The Hall–Kier alpha value is -2.27. The molecule has 5 heteroatoms. The topological polar surface area (TPSA) is 49.0 Å². The molecule has 1 atom stereocenters. The summed E-state index contributed by atoms with van der Waals surface area (Å²) in [5.41, 5.74) is 2.62. The summed E-state index contributed by atoms with van der Waals surface area (Å²) in [5, 5.41) is 0. The first-order valence-electron chi connectivity index (χ1n) is 11.5. The molecular formula is C26H35N3OS. The van der Waals surface area contributed by atoms with E-state index in [9.17, 15) is 4.79 Å². The van der Waals surface area contributed by atoms with Crippen molar-refractivity contribution >= 4 is 11.8 Å². The summed E-state index contributed by atoms with van der Waals surface area (Å²) in [4.78, 5) is 22.7. The van der Waals surface area contributed by atoms with Crippen molar-refractivity contribution in [1.82, 2.24) is 14.9 Å². The van der Waals surface area contributed by atoms with E-state index in [1.54, 1.807) is 18.0 Å². The molecule has 1 N–H and O–H groups in total. The van der Waals surface area contributed by atoms with Gasteiger partial charge in [0.2, 0.25) is 0 Å². The van der Waals surface area contributed by atoms with Crippen LogP contribution >= 0.6 is 11.8 Å². The Bertz CT molecular complexity index is 920. The van der Waals surface area contributed by atoms with Gasteiger partial charge in [0.25, 0.3) is 5.56 Å². The van der Waals surface area contributed by atoms with E-state index in [0.29, 0.717) is 12.5 Å². The van der Waals surface area contributed by atoms with Crippen LogP contribution in [0.25, 0.3) is 0 Å². The molecule has 3 rings (SSSR count). The number of nitrogens with one attached hydrogen (secondary N) is 1. The Kier molecular flexibility index (Phi) is 9.47. The second-order valence-corrected chi connectivity index (χ2v) is 9.51. The fourth-order valence-corrected chi connectivity index (χ4v) is 4.60. The summed E-state index contributed by atoms with van der Waals surface area (Å²) in [5.74, 6) is 1.71. The van der Waals surface area contributed by atoms with E-state index in [2.05, 4.69) is 77.5 Å². The maximum absolute atomic E-state index is 12.4. The van der Waals surface area contributed by atoms with Gasteiger partial charge in [-0.25, -0.2) is 4.98 Å². The summed E-state index contributed by atoms with van der Waals surface area (Å²) in [6, 6.07) is 11.1. The molecule has 2 heterocycles. The van der Waals surface area contributed by atoms with Crippen molar-refractivity contribution in [3.63, 3.8) is 0 Å². The molecule has 1 aromatic heterocycles. The lowest BCUT2D eigenvalue weighted by atomic mass is 10.1. The van der Waals surface area contributed by atoms with Crippen LogP contribution in [0.1, 0.15) is 56.8 Å². The van der Waals surface area contributed by atoms with Gasteiger partial charge in [0.15, 0.2) is 0 Å². The number of unbranched alkanes of at least 4 members (excludes halogenated alkanes) is 5. The van der Waals surface area contributed by atoms with E-state index in [-0.39, 0.29) is 5.56 Å². The fourth-order valence-electron chi connectivity index (χ4n) is 3.72. The molecule has 166 valence electrons.